The highest BCUT2D eigenvalue weighted by Gasteiger charge is 2.22. The van der Waals surface area contributed by atoms with E-state index >= 15 is 0 Å². The summed E-state index contributed by atoms with van der Waals surface area (Å²) >= 11 is 0. The highest BCUT2D eigenvalue weighted by Crippen LogP contribution is 2.04. The molecule has 0 aromatic carbocycles. The van der Waals surface area contributed by atoms with Gasteiger partial charge in [-0.05, 0) is 6.07 Å². The zero-order valence-electron chi connectivity index (χ0n) is 9.01. The van der Waals surface area contributed by atoms with Gasteiger partial charge in [0.25, 0.3) is 5.91 Å². The topological polar surface area (TPSA) is 88.5 Å². The molecule has 17 heavy (non-hydrogen) atoms. The number of carbonyl (C=O) groups is 2. The Hall–Kier alpha value is -2.02. The third kappa shape index (κ3) is 3.22. The average molecular weight is 242 g/mol. The number of esters is 1. The van der Waals surface area contributed by atoms with Crippen molar-refractivity contribution in [2.45, 2.75) is 6.04 Å². The summed E-state index contributed by atoms with van der Waals surface area (Å²) in [7, 11) is 1.12. The second-order valence-electron chi connectivity index (χ2n) is 3.09. The Bertz CT molecular complexity index is 425. The summed E-state index contributed by atoms with van der Waals surface area (Å²) in [4.78, 5) is 26.1. The number of methoxy groups -OCH3 is 1. The molecule has 1 heterocycles. The van der Waals surface area contributed by atoms with Crippen molar-refractivity contribution in [2.75, 3.05) is 13.7 Å². The van der Waals surface area contributed by atoms with Gasteiger partial charge in [-0.2, -0.15) is 0 Å². The van der Waals surface area contributed by atoms with Crippen molar-refractivity contribution < 1.29 is 23.8 Å². The molecule has 0 aliphatic rings. The standard InChI is InChI=1S/C10H11FN2O4/c1-17-10(16)8(5-14)13-9(15)6-2-3-12-4-7(6)11/h2-4,8,14H,5H2,1H3,(H,13,15). The molecule has 6 nitrogen and oxygen atoms in total. The number of amides is 1. The maximum atomic E-state index is 13.2. The van der Waals surface area contributed by atoms with Gasteiger partial charge >= 0.3 is 5.97 Å². The van der Waals surface area contributed by atoms with Crippen molar-refractivity contribution in [1.82, 2.24) is 10.3 Å². The Balaban J connectivity index is 2.78. The van der Waals surface area contributed by atoms with E-state index in [1.807, 2.05) is 0 Å². The normalized spacial score (nSPS) is 11.7. The molecule has 1 unspecified atom stereocenters. The van der Waals surface area contributed by atoms with E-state index in [-0.39, 0.29) is 5.56 Å². The number of nitrogens with one attached hydrogen (secondary N) is 1. The third-order valence-corrected chi connectivity index (χ3v) is 1.99. The molecule has 0 radical (unpaired) electrons. The fourth-order valence-electron chi connectivity index (χ4n) is 1.12. The third-order valence-electron chi connectivity index (χ3n) is 1.99. The van der Waals surface area contributed by atoms with Crippen molar-refractivity contribution in [1.29, 1.82) is 0 Å². The van der Waals surface area contributed by atoms with E-state index in [2.05, 4.69) is 15.0 Å². The SMILES string of the molecule is COC(=O)C(CO)NC(=O)c1ccncc1F. The monoisotopic (exact) mass is 242 g/mol. The predicted octanol–water partition coefficient (Wildman–Crippen LogP) is -0.516. The lowest BCUT2D eigenvalue weighted by molar-refractivity contribution is -0.143. The molecule has 0 aliphatic heterocycles. The van der Waals surface area contributed by atoms with Gasteiger partial charge in [0, 0.05) is 6.20 Å². The number of pyridine rings is 1. The summed E-state index contributed by atoms with van der Waals surface area (Å²) in [5.74, 6) is -2.45. The lowest BCUT2D eigenvalue weighted by Crippen LogP contribution is -2.44. The maximum absolute atomic E-state index is 13.2. The first-order chi connectivity index (χ1) is 8.10. The first kappa shape index (κ1) is 13.0. The van der Waals surface area contributed by atoms with E-state index in [1.165, 1.54) is 6.20 Å². The van der Waals surface area contributed by atoms with Crippen LogP contribution in [0.4, 0.5) is 4.39 Å². The second kappa shape index (κ2) is 5.90. The second-order valence-corrected chi connectivity index (χ2v) is 3.09. The molecular formula is C10H11FN2O4. The van der Waals surface area contributed by atoms with Crippen LogP contribution < -0.4 is 5.32 Å². The number of nitrogens with zero attached hydrogens (tertiary/aromatic N) is 1. The molecule has 1 aromatic rings. The number of halogens is 1. The molecule has 0 saturated carbocycles. The van der Waals surface area contributed by atoms with Crippen molar-refractivity contribution in [2.24, 2.45) is 0 Å². The highest BCUT2D eigenvalue weighted by atomic mass is 19.1. The highest BCUT2D eigenvalue weighted by molar-refractivity contribution is 5.96. The molecule has 0 fully saturated rings. The number of aliphatic hydroxyl groups is 1. The Labute approximate surface area is 96.4 Å². The summed E-state index contributed by atoms with van der Waals surface area (Å²) in [6.07, 6.45) is 2.12. The zero-order chi connectivity index (χ0) is 12.8. The molecule has 0 spiro atoms. The first-order valence-electron chi connectivity index (χ1n) is 4.69. The fraction of sp³-hybridized carbons (Fsp3) is 0.300. The zero-order valence-corrected chi connectivity index (χ0v) is 9.01. The van der Waals surface area contributed by atoms with E-state index in [9.17, 15) is 14.0 Å². The number of hydrogen-bond donors (Lipinski definition) is 2. The van der Waals surface area contributed by atoms with Gasteiger partial charge in [0.15, 0.2) is 11.9 Å². The fourth-order valence-corrected chi connectivity index (χ4v) is 1.12. The van der Waals surface area contributed by atoms with Crippen LogP contribution in [0.1, 0.15) is 10.4 Å². The molecule has 1 atom stereocenters. The van der Waals surface area contributed by atoms with Crippen LogP contribution >= 0.6 is 0 Å². The van der Waals surface area contributed by atoms with Gasteiger partial charge in [-0.25, -0.2) is 9.18 Å². The summed E-state index contributed by atoms with van der Waals surface area (Å²) < 4.78 is 17.5. The minimum absolute atomic E-state index is 0.262. The van der Waals surface area contributed by atoms with Gasteiger partial charge in [-0.3, -0.25) is 9.78 Å². The smallest absolute Gasteiger partial charge is 0.330 e. The Morgan fingerprint density at radius 2 is 2.35 bits per heavy atom. The molecule has 0 saturated heterocycles. The van der Waals surface area contributed by atoms with Crippen LogP contribution in [0.25, 0.3) is 0 Å². The Kier molecular flexibility index (Phi) is 4.53. The minimum Gasteiger partial charge on any atom is -0.467 e. The van der Waals surface area contributed by atoms with Crippen LogP contribution in [0.5, 0.6) is 0 Å². The number of aromatic nitrogens is 1. The van der Waals surface area contributed by atoms with Crippen molar-refractivity contribution in [3.05, 3.63) is 29.8 Å². The lowest BCUT2D eigenvalue weighted by atomic mass is 10.2. The van der Waals surface area contributed by atoms with Crippen LogP contribution in [0.15, 0.2) is 18.5 Å². The van der Waals surface area contributed by atoms with E-state index in [1.54, 1.807) is 0 Å². The summed E-state index contributed by atoms with van der Waals surface area (Å²) in [6, 6.07) is -0.0591. The molecule has 1 rings (SSSR count). The van der Waals surface area contributed by atoms with Crippen LogP contribution in [0, 0.1) is 5.82 Å². The van der Waals surface area contributed by atoms with Crippen LogP contribution in [-0.2, 0) is 9.53 Å². The van der Waals surface area contributed by atoms with E-state index in [4.69, 9.17) is 5.11 Å². The quantitative estimate of drug-likeness (QED) is 0.694. The molecule has 0 aliphatic carbocycles. The van der Waals surface area contributed by atoms with Gasteiger partial charge in [0.2, 0.25) is 0 Å². The number of ether oxygens (including phenoxy) is 1. The van der Waals surface area contributed by atoms with Crippen LogP contribution in [0.2, 0.25) is 0 Å². The molecule has 7 heteroatoms. The molecule has 2 N–H and O–H groups in total. The van der Waals surface area contributed by atoms with Gasteiger partial charge in [-0.1, -0.05) is 0 Å². The van der Waals surface area contributed by atoms with Crippen molar-refractivity contribution >= 4 is 11.9 Å². The number of hydrogen-bond acceptors (Lipinski definition) is 5. The predicted molar refractivity (Wildman–Crippen MR) is 54.6 cm³/mol. The van der Waals surface area contributed by atoms with Crippen molar-refractivity contribution in [3.8, 4) is 0 Å². The maximum Gasteiger partial charge on any atom is 0.330 e. The summed E-state index contributed by atoms with van der Waals surface area (Å²) in [6.45, 7) is -0.634. The Morgan fingerprint density at radius 1 is 1.65 bits per heavy atom. The largest absolute Gasteiger partial charge is 0.467 e. The number of carbonyl (C=O) groups excluding carboxylic acids is 2. The van der Waals surface area contributed by atoms with Gasteiger partial charge in [-0.15, -0.1) is 0 Å². The summed E-state index contributed by atoms with van der Waals surface area (Å²) in [5.41, 5.74) is -0.262. The average Bonchev–Trinajstić information content (AvgIpc) is 2.35. The molecular weight excluding hydrogens is 231 g/mol. The summed E-state index contributed by atoms with van der Waals surface area (Å²) in [5, 5.41) is 11.0. The molecule has 92 valence electrons. The van der Waals surface area contributed by atoms with E-state index < -0.39 is 30.3 Å². The number of aliphatic hydroxyl groups excluding tert-OH is 1. The van der Waals surface area contributed by atoms with Crippen LogP contribution in [-0.4, -0.2) is 41.7 Å². The van der Waals surface area contributed by atoms with E-state index in [0.717, 1.165) is 19.4 Å². The lowest BCUT2D eigenvalue weighted by Gasteiger charge is -2.13. The van der Waals surface area contributed by atoms with Crippen molar-refractivity contribution in [3.63, 3.8) is 0 Å². The van der Waals surface area contributed by atoms with Gasteiger partial charge in [0.1, 0.15) is 0 Å². The van der Waals surface area contributed by atoms with Crippen LogP contribution in [0.3, 0.4) is 0 Å². The van der Waals surface area contributed by atoms with Gasteiger partial charge in [0.05, 0.1) is 25.5 Å². The Morgan fingerprint density at radius 3 is 2.88 bits per heavy atom. The minimum atomic E-state index is -1.22. The first-order valence-corrected chi connectivity index (χ1v) is 4.69. The van der Waals surface area contributed by atoms with E-state index in [0.29, 0.717) is 0 Å². The molecule has 1 amide bonds. The molecule has 1 aromatic heterocycles. The number of rotatable bonds is 4. The van der Waals surface area contributed by atoms with Gasteiger partial charge < -0.3 is 15.2 Å². The molecule has 0 bridgehead atoms.